The molecular weight excluding hydrogens is 1590 g/mol. The van der Waals surface area contributed by atoms with Crippen LogP contribution < -0.4 is 9.47 Å². The summed E-state index contributed by atoms with van der Waals surface area (Å²) in [7, 11) is 0. The van der Waals surface area contributed by atoms with Gasteiger partial charge in [-0.3, -0.25) is 0 Å². The second-order valence-corrected chi connectivity index (χ2v) is 33.9. The van der Waals surface area contributed by atoms with Crippen molar-refractivity contribution in [2.75, 3.05) is 0 Å². The van der Waals surface area contributed by atoms with E-state index in [1.165, 1.54) is 44.5 Å². The van der Waals surface area contributed by atoms with E-state index in [4.69, 9.17) is 48.2 Å². The predicted molar refractivity (Wildman–Crippen MR) is 522 cm³/mol. The van der Waals surface area contributed by atoms with Crippen molar-refractivity contribution in [1.29, 1.82) is 0 Å². The first-order chi connectivity index (χ1) is 64.4. The molecule has 0 bridgehead atoms. The number of pyridine rings is 2. The molecule has 0 unspecified atom stereocenters. The molecule has 2 aliphatic heterocycles. The summed E-state index contributed by atoms with van der Waals surface area (Å²) in [5.74, 6) is 4.62. The van der Waals surface area contributed by atoms with Gasteiger partial charge in [0.1, 0.15) is 45.3 Å². The molecule has 0 saturated carbocycles. The first kappa shape index (κ1) is 73.1. The highest BCUT2D eigenvalue weighted by Gasteiger charge is 2.53. The molecule has 0 saturated heterocycles. The van der Waals surface area contributed by atoms with E-state index in [0.29, 0.717) is 11.6 Å². The molecule has 8 heterocycles. The molecule has 10 heteroatoms. The Kier molecular flexibility index (Phi) is 16.1. The van der Waals surface area contributed by atoms with Crippen LogP contribution in [0.5, 0.6) is 23.0 Å². The van der Waals surface area contributed by atoms with E-state index in [1.54, 1.807) is 0 Å². The minimum atomic E-state index is -0.616. The average molecular weight is 1660 g/mol. The van der Waals surface area contributed by atoms with Crippen LogP contribution in [0.2, 0.25) is 0 Å². The fourth-order valence-corrected chi connectivity index (χ4v) is 21.6. The van der Waals surface area contributed by atoms with Gasteiger partial charge in [-0.25, -0.2) is 29.9 Å². The fourth-order valence-electron chi connectivity index (χ4n) is 21.6. The highest BCUT2D eigenvalue weighted by molar-refractivity contribution is 6.19. The highest BCUT2D eigenvalue weighted by Crippen LogP contribution is 2.66. The zero-order chi connectivity index (χ0) is 85.3. The SMILES string of the molecule is c1ccc(-c2nc(-c3ccc4nc(-c5ccccc5)c5ccc6c(c5c4c3)Oc3ccccc3C63c4ccccc4-c4ccccc43)cc(-c3cccc4c3oc3ccccc34)n2)cc1.c1ccc(-c2nc(-c3ccc4nc(-c5ccccc5)c5ccc6c(c5c4c3)Oc3ccccc3C63c4ccccc4-c4ccccc43)cc(-c3cccc4oc5ccccc5c34)n2)cc1. The molecule has 0 N–H and O–H groups in total. The van der Waals surface area contributed by atoms with Gasteiger partial charge in [0, 0.05) is 121 Å². The van der Waals surface area contributed by atoms with Crippen LogP contribution in [0.3, 0.4) is 0 Å². The molecule has 18 aromatic carbocycles. The minimum absolute atomic E-state index is 0.615. The van der Waals surface area contributed by atoms with Crippen molar-refractivity contribution < 1.29 is 18.3 Å². The van der Waals surface area contributed by atoms with Gasteiger partial charge in [-0.1, -0.05) is 352 Å². The van der Waals surface area contributed by atoms with Gasteiger partial charge in [-0.2, -0.15) is 0 Å². The van der Waals surface area contributed by atoms with Gasteiger partial charge in [0.15, 0.2) is 11.6 Å². The van der Waals surface area contributed by atoms with Crippen LogP contribution in [0.1, 0.15) is 44.5 Å². The Labute approximate surface area is 746 Å². The van der Waals surface area contributed by atoms with E-state index >= 15 is 0 Å². The number of fused-ring (bicyclic) bond motifs is 32. The van der Waals surface area contributed by atoms with Gasteiger partial charge >= 0.3 is 0 Å². The largest absolute Gasteiger partial charge is 0.456 e. The number of aromatic nitrogens is 6. The summed E-state index contributed by atoms with van der Waals surface area (Å²) in [5.41, 5.74) is 30.9. The number of ether oxygens (including phenoxy) is 2. The van der Waals surface area contributed by atoms with E-state index in [2.05, 4.69) is 340 Å². The second kappa shape index (κ2) is 28.6. The van der Waals surface area contributed by atoms with Crippen LogP contribution in [0, 0.1) is 0 Å². The van der Waals surface area contributed by atoms with Crippen molar-refractivity contribution in [2.24, 2.45) is 0 Å². The number of nitrogens with zero attached hydrogens (tertiary/aromatic N) is 6. The lowest BCUT2D eigenvalue weighted by atomic mass is 9.65. The molecule has 130 heavy (non-hydrogen) atoms. The monoisotopic (exact) mass is 1660 g/mol. The number of rotatable bonds is 8. The lowest BCUT2D eigenvalue weighted by molar-refractivity contribution is 0.442. The van der Waals surface area contributed by atoms with Crippen LogP contribution in [0.4, 0.5) is 0 Å². The van der Waals surface area contributed by atoms with Crippen molar-refractivity contribution in [2.45, 2.75) is 10.8 Å². The summed E-state index contributed by atoms with van der Waals surface area (Å²) in [6, 6.07) is 149. The van der Waals surface area contributed by atoms with Crippen molar-refractivity contribution in [3.63, 3.8) is 0 Å². The summed E-state index contributed by atoms with van der Waals surface area (Å²) >= 11 is 0. The molecule has 6 aromatic heterocycles. The van der Waals surface area contributed by atoms with Crippen LogP contribution in [-0.4, -0.2) is 29.9 Å². The molecule has 28 rings (SSSR count). The summed E-state index contributed by atoms with van der Waals surface area (Å²) in [6.45, 7) is 0. The molecule has 0 amide bonds. The summed E-state index contributed by atoms with van der Waals surface area (Å²) in [6.07, 6.45) is 0. The smallest absolute Gasteiger partial charge is 0.160 e. The Morgan fingerprint density at radius 3 is 1.04 bits per heavy atom. The Hall–Kier alpha value is -17.3. The first-order valence-electron chi connectivity index (χ1n) is 44.0. The molecule has 0 atom stereocenters. The van der Waals surface area contributed by atoms with E-state index in [9.17, 15) is 0 Å². The van der Waals surface area contributed by atoms with E-state index in [-0.39, 0.29) is 0 Å². The Balaban J connectivity index is 0.000000134. The van der Waals surface area contributed by atoms with E-state index in [0.717, 1.165) is 211 Å². The zero-order valence-corrected chi connectivity index (χ0v) is 69.7. The third-order valence-electron chi connectivity index (χ3n) is 27.1. The van der Waals surface area contributed by atoms with E-state index < -0.39 is 10.8 Å². The summed E-state index contributed by atoms with van der Waals surface area (Å²) in [4.78, 5) is 32.0. The number of benzene rings is 18. The molecule has 0 radical (unpaired) electrons. The third kappa shape index (κ3) is 10.8. The Morgan fingerprint density at radius 1 is 0.192 bits per heavy atom. The number of para-hydroxylation sites is 5. The van der Waals surface area contributed by atoms with Crippen molar-refractivity contribution in [3.8, 4) is 136 Å². The lowest BCUT2D eigenvalue weighted by Gasteiger charge is -2.40. The van der Waals surface area contributed by atoms with Gasteiger partial charge in [-0.05, 0) is 117 Å². The van der Waals surface area contributed by atoms with Crippen LogP contribution >= 0.6 is 0 Å². The van der Waals surface area contributed by atoms with Crippen LogP contribution in [0.15, 0.2) is 433 Å². The quantitative estimate of drug-likeness (QED) is 0.136. The van der Waals surface area contributed by atoms with Gasteiger partial charge < -0.3 is 18.3 Å². The Morgan fingerprint density at radius 2 is 0.554 bits per heavy atom. The number of hydrogen-bond acceptors (Lipinski definition) is 10. The second-order valence-electron chi connectivity index (χ2n) is 33.9. The lowest BCUT2D eigenvalue weighted by Crippen LogP contribution is -2.32. The maximum Gasteiger partial charge on any atom is 0.160 e. The normalized spacial score (nSPS) is 13.2. The molecular formula is C120H70N6O4. The first-order valence-corrected chi connectivity index (χ1v) is 44.0. The van der Waals surface area contributed by atoms with Gasteiger partial charge in [0.25, 0.3) is 0 Å². The topological polar surface area (TPSA) is 122 Å². The molecule has 2 spiro atoms. The fraction of sp³-hybridized carbons (Fsp3) is 0.0167. The molecule has 604 valence electrons. The molecule has 24 aromatic rings. The summed E-state index contributed by atoms with van der Waals surface area (Å²) < 4.78 is 27.5. The standard InChI is InChI=1S/2C60H35N3O2/c1-3-16-36(17-4-1)56-44-31-32-49-58(65-54-29-14-12-27-48(54)60(49)46-25-10-7-20-39(46)40-21-8-11-26-47(40)60)55(44)45-34-38(30-33-50(45)61-56)51-35-52(63-59(62-51)37-18-5-2-6-19-37)43-24-15-23-42-41-22-9-13-28-53(41)64-57(42)43;1-3-16-36(17-4-1)57-43-31-32-48-58(65-53-28-14-12-26-47(53)60(48)45-24-10-7-20-39(45)40-21-8-11-25-46(40)60)56(43)44-34-38(30-33-49(44)61-57)50-35-51(63-59(62-50)37-18-5-2-6-19-37)41-23-15-29-54-55(41)42-22-9-13-27-52(42)64-54/h2*1-35H. The third-order valence-corrected chi connectivity index (χ3v) is 27.1. The van der Waals surface area contributed by atoms with Gasteiger partial charge in [-0.15, -0.1) is 0 Å². The minimum Gasteiger partial charge on any atom is -0.456 e. The number of furan rings is 2. The van der Waals surface area contributed by atoms with Crippen LogP contribution in [-0.2, 0) is 10.8 Å². The molecule has 0 fully saturated rings. The predicted octanol–water partition coefficient (Wildman–Crippen LogP) is 30.4. The van der Waals surface area contributed by atoms with Crippen molar-refractivity contribution in [3.05, 3.63) is 469 Å². The maximum atomic E-state index is 7.31. The van der Waals surface area contributed by atoms with Crippen molar-refractivity contribution in [1.82, 2.24) is 29.9 Å². The Bertz CT molecular complexity index is 8800. The number of hydrogen-bond donors (Lipinski definition) is 0. The van der Waals surface area contributed by atoms with Gasteiger partial charge in [0.2, 0.25) is 0 Å². The van der Waals surface area contributed by atoms with E-state index in [1.807, 2.05) is 84.9 Å². The molecule has 4 aliphatic rings. The maximum absolute atomic E-state index is 7.31. The van der Waals surface area contributed by atoms with Gasteiger partial charge in [0.05, 0.1) is 56.0 Å². The van der Waals surface area contributed by atoms with Crippen LogP contribution in [0.25, 0.3) is 200 Å². The molecule has 2 aliphatic carbocycles. The summed E-state index contributed by atoms with van der Waals surface area (Å²) in [5, 5.41) is 10.2. The highest BCUT2D eigenvalue weighted by atomic mass is 16.5. The molecule has 10 nitrogen and oxygen atoms in total. The zero-order valence-electron chi connectivity index (χ0n) is 69.7. The average Bonchev–Trinajstić information content (AvgIpc) is 1.49. The van der Waals surface area contributed by atoms with Crippen molar-refractivity contribution >= 4 is 87.2 Å².